The quantitative estimate of drug-likeness (QED) is 0.483. The van der Waals surface area contributed by atoms with Gasteiger partial charge >= 0.3 is 11.9 Å². The first kappa shape index (κ1) is 19.3. The average molecular weight is 402 g/mol. The third-order valence-electron chi connectivity index (χ3n) is 4.90. The largest absolute Gasteiger partial charge is 0.466 e. The number of benzene rings is 1. The number of hydrogen-bond donors (Lipinski definition) is 0. The summed E-state index contributed by atoms with van der Waals surface area (Å²) < 4.78 is 15.5. The smallest absolute Gasteiger partial charge is 0.337 e. The summed E-state index contributed by atoms with van der Waals surface area (Å²) >= 11 is 0. The van der Waals surface area contributed by atoms with Gasteiger partial charge in [-0.2, -0.15) is 0 Å². The highest BCUT2D eigenvalue weighted by Gasteiger charge is 2.34. The van der Waals surface area contributed by atoms with Crippen LogP contribution < -0.4 is 4.74 Å². The van der Waals surface area contributed by atoms with Gasteiger partial charge in [0, 0.05) is 28.5 Å². The molecule has 1 aliphatic rings. The van der Waals surface area contributed by atoms with Gasteiger partial charge in [0.1, 0.15) is 0 Å². The van der Waals surface area contributed by atoms with E-state index in [2.05, 4.69) is 16.5 Å². The topological polar surface area (TPSA) is 87.6 Å². The summed E-state index contributed by atoms with van der Waals surface area (Å²) in [5, 5.41) is 0. The van der Waals surface area contributed by atoms with Gasteiger partial charge in [-0.15, -0.1) is 0 Å². The minimum absolute atomic E-state index is 0.272. The standard InChI is InChI=1S/C23H18N2O5/c1-13(22(26)28-2)19-16-5-4-12-24-20(16)30-21-17(19)10-11-18(25-21)14-6-8-15(9-7-14)23(27)29-3/h4-12,19H,1H2,2-3H3. The molecule has 0 fully saturated rings. The number of methoxy groups -OCH3 is 2. The molecule has 3 heterocycles. The van der Waals surface area contributed by atoms with E-state index < -0.39 is 17.9 Å². The van der Waals surface area contributed by atoms with Gasteiger partial charge in [-0.25, -0.2) is 19.6 Å². The summed E-state index contributed by atoms with van der Waals surface area (Å²) in [5.74, 6) is -0.690. The van der Waals surface area contributed by atoms with E-state index in [0.717, 1.165) is 11.1 Å². The average Bonchev–Trinajstić information content (AvgIpc) is 2.80. The molecule has 0 N–H and O–H groups in total. The second-order valence-corrected chi connectivity index (χ2v) is 6.61. The molecule has 0 spiro atoms. The Balaban J connectivity index is 1.76. The molecule has 0 radical (unpaired) electrons. The summed E-state index contributed by atoms with van der Waals surface area (Å²) in [6, 6.07) is 14.2. The van der Waals surface area contributed by atoms with Crippen LogP contribution in [0, 0.1) is 0 Å². The maximum Gasteiger partial charge on any atom is 0.337 e. The van der Waals surface area contributed by atoms with Gasteiger partial charge in [0.2, 0.25) is 11.8 Å². The number of rotatable bonds is 4. The Bertz CT molecular complexity index is 1150. The summed E-state index contributed by atoms with van der Waals surface area (Å²) in [6.07, 6.45) is 1.61. The van der Waals surface area contributed by atoms with Crippen molar-refractivity contribution in [3.8, 4) is 23.0 Å². The SMILES string of the molecule is C=C(C(=O)OC)C1c2cccnc2Oc2nc(-c3ccc(C(=O)OC)cc3)ccc21. The Labute approximate surface area is 173 Å². The minimum Gasteiger partial charge on any atom is -0.466 e. The zero-order valence-electron chi connectivity index (χ0n) is 16.4. The van der Waals surface area contributed by atoms with E-state index in [1.807, 2.05) is 18.2 Å². The predicted octanol–water partition coefficient (Wildman–Crippen LogP) is 3.90. The first-order valence-corrected chi connectivity index (χ1v) is 9.13. The predicted molar refractivity (Wildman–Crippen MR) is 108 cm³/mol. The van der Waals surface area contributed by atoms with Crippen molar-refractivity contribution >= 4 is 11.9 Å². The summed E-state index contributed by atoms with van der Waals surface area (Å²) in [7, 11) is 2.65. The molecule has 0 amide bonds. The third kappa shape index (κ3) is 3.30. The van der Waals surface area contributed by atoms with E-state index in [1.165, 1.54) is 14.2 Å². The molecular formula is C23H18N2O5. The lowest BCUT2D eigenvalue weighted by Gasteiger charge is -2.27. The molecule has 1 aliphatic heterocycles. The summed E-state index contributed by atoms with van der Waals surface area (Å²) in [5.41, 5.74) is 3.57. The minimum atomic E-state index is -0.509. The fourth-order valence-electron chi connectivity index (χ4n) is 3.40. The van der Waals surface area contributed by atoms with Crippen molar-refractivity contribution < 1.29 is 23.8 Å². The first-order valence-electron chi connectivity index (χ1n) is 9.13. The molecule has 30 heavy (non-hydrogen) atoms. The molecule has 4 rings (SSSR count). The molecule has 3 aromatic rings. The fraction of sp³-hybridized carbons (Fsp3) is 0.130. The lowest BCUT2D eigenvalue weighted by atomic mass is 9.85. The van der Waals surface area contributed by atoms with Gasteiger partial charge in [-0.3, -0.25) is 0 Å². The van der Waals surface area contributed by atoms with Crippen LogP contribution in [0.25, 0.3) is 11.3 Å². The van der Waals surface area contributed by atoms with E-state index in [1.54, 1.807) is 36.5 Å². The number of nitrogens with zero attached hydrogens (tertiary/aromatic N) is 2. The lowest BCUT2D eigenvalue weighted by Crippen LogP contribution is -2.19. The van der Waals surface area contributed by atoms with Crippen molar-refractivity contribution in [3.05, 3.63) is 83.6 Å². The number of esters is 2. The molecule has 7 nitrogen and oxygen atoms in total. The Kier molecular flexibility index (Phi) is 5.02. The highest BCUT2D eigenvalue weighted by atomic mass is 16.5. The Morgan fingerprint density at radius 1 is 0.967 bits per heavy atom. The molecule has 0 saturated heterocycles. The van der Waals surface area contributed by atoms with Crippen LogP contribution in [0.5, 0.6) is 11.8 Å². The second kappa shape index (κ2) is 7.79. The highest BCUT2D eigenvalue weighted by molar-refractivity contribution is 5.91. The number of fused-ring (bicyclic) bond motifs is 2. The second-order valence-electron chi connectivity index (χ2n) is 6.61. The lowest BCUT2D eigenvalue weighted by molar-refractivity contribution is -0.136. The van der Waals surface area contributed by atoms with Crippen molar-refractivity contribution in [2.45, 2.75) is 5.92 Å². The zero-order valence-corrected chi connectivity index (χ0v) is 16.4. The number of pyridine rings is 2. The van der Waals surface area contributed by atoms with Gasteiger partial charge in [-0.05, 0) is 24.3 Å². The number of aromatic nitrogens is 2. The monoisotopic (exact) mass is 402 g/mol. The van der Waals surface area contributed by atoms with Crippen molar-refractivity contribution in [3.63, 3.8) is 0 Å². The van der Waals surface area contributed by atoms with Crippen LogP contribution in [-0.2, 0) is 14.3 Å². The normalized spacial score (nSPS) is 14.0. The van der Waals surface area contributed by atoms with E-state index in [4.69, 9.17) is 14.2 Å². The number of carbonyl (C=O) groups excluding carboxylic acids is 2. The zero-order chi connectivity index (χ0) is 21.3. The Hall–Kier alpha value is -4.00. The Morgan fingerprint density at radius 2 is 1.70 bits per heavy atom. The molecule has 0 aliphatic carbocycles. The Morgan fingerprint density at radius 3 is 2.40 bits per heavy atom. The first-order chi connectivity index (χ1) is 14.5. The van der Waals surface area contributed by atoms with Crippen LogP contribution in [0.4, 0.5) is 0 Å². The molecule has 1 atom stereocenters. The molecule has 7 heteroatoms. The number of carbonyl (C=O) groups is 2. The van der Waals surface area contributed by atoms with E-state index in [-0.39, 0.29) is 5.57 Å². The number of ether oxygens (including phenoxy) is 3. The molecule has 2 aromatic heterocycles. The molecule has 0 saturated carbocycles. The van der Waals surface area contributed by atoms with Crippen LogP contribution in [-0.4, -0.2) is 36.1 Å². The summed E-state index contributed by atoms with van der Waals surface area (Å²) in [4.78, 5) is 32.7. The van der Waals surface area contributed by atoms with Gasteiger partial charge < -0.3 is 14.2 Å². The maximum absolute atomic E-state index is 12.2. The van der Waals surface area contributed by atoms with Crippen LogP contribution in [0.1, 0.15) is 27.4 Å². The van der Waals surface area contributed by atoms with Crippen molar-refractivity contribution in [1.82, 2.24) is 9.97 Å². The molecule has 1 unspecified atom stereocenters. The van der Waals surface area contributed by atoms with Crippen LogP contribution in [0.2, 0.25) is 0 Å². The molecular weight excluding hydrogens is 384 g/mol. The highest BCUT2D eigenvalue weighted by Crippen LogP contribution is 2.46. The van der Waals surface area contributed by atoms with Crippen molar-refractivity contribution in [2.75, 3.05) is 14.2 Å². The van der Waals surface area contributed by atoms with E-state index in [9.17, 15) is 9.59 Å². The van der Waals surface area contributed by atoms with Gasteiger partial charge in [0.15, 0.2) is 0 Å². The van der Waals surface area contributed by atoms with Gasteiger partial charge in [0.05, 0.1) is 31.4 Å². The van der Waals surface area contributed by atoms with Crippen molar-refractivity contribution in [1.29, 1.82) is 0 Å². The fourth-order valence-corrected chi connectivity index (χ4v) is 3.40. The van der Waals surface area contributed by atoms with Crippen LogP contribution in [0.3, 0.4) is 0 Å². The van der Waals surface area contributed by atoms with Gasteiger partial charge in [0.25, 0.3) is 0 Å². The van der Waals surface area contributed by atoms with Crippen LogP contribution in [0.15, 0.2) is 66.9 Å². The maximum atomic E-state index is 12.2. The molecule has 150 valence electrons. The van der Waals surface area contributed by atoms with E-state index >= 15 is 0 Å². The molecule has 1 aromatic carbocycles. The van der Waals surface area contributed by atoms with E-state index in [0.29, 0.717) is 28.6 Å². The van der Waals surface area contributed by atoms with Crippen molar-refractivity contribution in [2.24, 2.45) is 0 Å². The van der Waals surface area contributed by atoms with Gasteiger partial charge in [-0.1, -0.05) is 30.8 Å². The summed E-state index contributed by atoms with van der Waals surface area (Å²) in [6.45, 7) is 3.93. The molecule has 0 bridgehead atoms. The third-order valence-corrected chi connectivity index (χ3v) is 4.90. The number of hydrogen-bond acceptors (Lipinski definition) is 7. The van der Waals surface area contributed by atoms with Crippen LogP contribution >= 0.6 is 0 Å².